The minimum Gasteiger partial charge on any atom is -1.00 e. The van der Waals surface area contributed by atoms with Crippen molar-refractivity contribution in [3.63, 3.8) is 0 Å². The van der Waals surface area contributed by atoms with Gasteiger partial charge >= 0.3 is 0 Å². The van der Waals surface area contributed by atoms with Crippen LogP contribution >= 0.6 is 0 Å². The highest BCUT2D eigenvalue weighted by Crippen LogP contribution is 2.39. The second-order valence-corrected chi connectivity index (χ2v) is 9.82. The lowest BCUT2D eigenvalue weighted by Crippen LogP contribution is -3.00. The highest BCUT2D eigenvalue weighted by Gasteiger charge is 2.36. The summed E-state index contributed by atoms with van der Waals surface area (Å²) in [4.78, 5) is 2.75. The van der Waals surface area contributed by atoms with Crippen LogP contribution in [0, 0.1) is 0 Å². The molecule has 1 atom stereocenters. The number of halogens is 1. The zero-order valence-corrected chi connectivity index (χ0v) is 20.8. The summed E-state index contributed by atoms with van der Waals surface area (Å²) in [6, 6.07) is 7.63. The first-order chi connectivity index (χ1) is 13.7. The molecule has 2 fully saturated rings. The van der Waals surface area contributed by atoms with Crippen LogP contribution in [-0.4, -0.2) is 62.3 Å². The molecule has 1 aliphatic heterocycles. The molecule has 4 heteroatoms. The SMILES string of the molecule is COc1cccc2c1CCCC2CCCN1CC[N+](C)(C2CCCCC2)CC1.[I-]. The first-order valence-corrected chi connectivity index (χ1v) is 11.9. The lowest BCUT2D eigenvalue weighted by molar-refractivity contribution is -0.938. The lowest BCUT2D eigenvalue weighted by atomic mass is 9.80. The third kappa shape index (κ3) is 5.48. The van der Waals surface area contributed by atoms with E-state index in [1.54, 1.807) is 5.56 Å². The van der Waals surface area contributed by atoms with Gasteiger partial charge in [-0.1, -0.05) is 18.6 Å². The zero-order chi connectivity index (χ0) is 19.4. The fraction of sp³-hybridized carbons (Fsp3) is 0.760. The van der Waals surface area contributed by atoms with Crippen molar-refractivity contribution in [1.29, 1.82) is 0 Å². The van der Waals surface area contributed by atoms with Gasteiger partial charge in [0.15, 0.2) is 0 Å². The number of nitrogens with zero attached hydrogens (tertiary/aromatic N) is 2. The normalized spacial score (nSPS) is 25.1. The number of likely N-dealkylation sites (N-methyl/N-ethyl adjacent to an activating group) is 1. The third-order valence-corrected chi connectivity index (χ3v) is 8.15. The Balaban J connectivity index is 0.00000240. The molecule has 4 rings (SSSR count). The molecule has 1 aromatic rings. The number of methoxy groups -OCH3 is 1. The highest BCUT2D eigenvalue weighted by atomic mass is 127. The van der Waals surface area contributed by atoms with Crippen molar-refractivity contribution >= 4 is 0 Å². The van der Waals surface area contributed by atoms with Gasteiger partial charge in [0, 0.05) is 13.1 Å². The van der Waals surface area contributed by atoms with Crippen molar-refractivity contribution < 1.29 is 33.2 Å². The molecule has 0 spiro atoms. The molecular formula is C25H41IN2O. The van der Waals surface area contributed by atoms with E-state index in [4.69, 9.17) is 4.74 Å². The van der Waals surface area contributed by atoms with Crippen LogP contribution in [0.5, 0.6) is 5.75 Å². The van der Waals surface area contributed by atoms with Crippen molar-refractivity contribution in [1.82, 2.24) is 4.90 Å². The van der Waals surface area contributed by atoms with Gasteiger partial charge in [-0.15, -0.1) is 0 Å². The van der Waals surface area contributed by atoms with Gasteiger partial charge in [0.25, 0.3) is 0 Å². The molecule has 0 bridgehead atoms. The Kier molecular flexibility index (Phi) is 8.70. The molecule has 3 aliphatic rings. The largest absolute Gasteiger partial charge is 1.00 e. The molecule has 0 aromatic heterocycles. The molecule has 1 heterocycles. The molecule has 0 amide bonds. The summed E-state index contributed by atoms with van der Waals surface area (Å²) >= 11 is 0. The van der Waals surface area contributed by atoms with Crippen molar-refractivity contribution in [3.8, 4) is 5.75 Å². The van der Waals surface area contributed by atoms with Gasteiger partial charge in [0.05, 0.1) is 33.3 Å². The van der Waals surface area contributed by atoms with Crippen LogP contribution in [0.2, 0.25) is 0 Å². The number of piperazine rings is 1. The molecule has 164 valence electrons. The zero-order valence-electron chi connectivity index (χ0n) is 18.7. The van der Waals surface area contributed by atoms with E-state index >= 15 is 0 Å². The molecule has 29 heavy (non-hydrogen) atoms. The van der Waals surface area contributed by atoms with E-state index in [0.29, 0.717) is 0 Å². The van der Waals surface area contributed by atoms with Gasteiger partial charge in [-0.3, -0.25) is 4.90 Å². The Morgan fingerprint density at radius 2 is 1.79 bits per heavy atom. The molecule has 0 radical (unpaired) electrons. The predicted molar refractivity (Wildman–Crippen MR) is 117 cm³/mol. The van der Waals surface area contributed by atoms with Crippen LogP contribution in [0.3, 0.4) is 0 Å². The molecule has 1 saturated heterocycles. The number of ether oxygens (including phenoxy) is 1. The first-order valence-electron chi connectivity index (χ1n) is 11.9. The van der Waals surface area contributed by atoms with Crippen LogP contribution in [0.4, 0.5) is 0 Å². The number of quaternary nitrogens is 1. The van der Waals surface area contributed by atoms with Gasteiger partial charge in [-0.2, -0.15) is 0 Å². The maximum atomic E-state index is 5.62. The molecule has 1 aromatic carbocycles. The van der Waals surface area contributed by atoms with E-state index in [-0.39, 0.29) is 24.0 Å². The summed E-state index contributed by atoms with van der Waals surface area (Å²) in [6.07, 6.45) is 13.9. The van der Waals surface area contributed by atoms with Crippen LogP contribution in [0.1, 0.15) is 74.8 Å². The summed E-state index contributed by atoms with van der Waals surface area (Å²) in [6.45, 7) is 6.65. The Labute approximate surface area is 195 Å². The van der Waals surface area contributed by atoms with Crippen molar-refractivity contribution in [2.24, 2.45) is 0 Å². The summed E-state index contributed by atoms with van der Waals surface area (Å²) in [7, 11) is 4.36. The van der Waals surface area contributed by atoms with Gasteiger partial charge in [0.2, 0.25) is 0 Å². The summed E-state index contributed by atoms with van der Waals surface area (Å²) in [5, 5.41) is 0. The lowest BCUT2D eigenvalue weighted by Gasteiger charge is -2.48. The van der Waals surface area contributed by atoms with Crippen LogP contribution < -0.4 is 28.7 Å². The van der Waals surface area contributed by atoms with E-state index in [1.807, 2.05) is 7.11 Å². The molecular weight excluding hydrogens is 471 g/mol. The van der Waals surface area contributed by atoms with E-state index in [0.717, 1.165) is 17.7 Å². The average molecular weight is 513 g/mol. The third-order valence-electron chi connectivity index (χ3n) is 8.15. The van der Waals surface area contributed by atoms with E-state index in [9.17, 15) is 0 Å². The number of rotatable bonds is 6. The minimum absolute atomic E-state index is 0. The summed E-state index contributed by atoms with van der Waals surface area (Å²) < 4.78 is 6.97. The van der Waals surface area contributed by atoms with Crippen molar-refractivity contribution in [2.75, 3.05) is 46.9 Å². The first kappa shape index (κ1) is 23.3. The highest BCUT2D eigenvalue weighted by molar-refractivity contribution is 5.43. The standard InChI is InChI=1S/C25H41N2O.HI/c1-27(22-11-4-3-5-12-22)19-17-26(18-20-27)16-8-10-21-9-6-14-24-23(21)13-7-15-25(24)28-2;/h7,13,15,21-22H,3-6,8-12,14,16-20H2,1-2H3;1H/q+1;/p-1. The van der Waals surface area contributed by atoms with Gasteiger partial charge in [-0.25, -0.2) is 0 Å². The smallest absolute Gasteiger partial charge is 0.122 e. The Morgan fingerprint density at radius 1 is 1.03 bits per heavy atom. The topological polar surface area (TPSA) is 12.5 Å². The average Bonchev–Trinajstić information content (AvgIpc) is 2.75. The fourth-order valence-corrected chi connectivity index (χ4v) is 6.22. The number of hydrogen-bond donors (Lipinski definition) is 0. The van der Waals surface area contributed by atoms with Crippen LogP contribution in [0.25, 0.3) is 0 Å². The van der Waals surface area contributed by atoms with E-state index < -0.39 is 0 Å². The molecule has 3 nitrogen and oxygen atoms in total. The predicted octanol–water partition coefficient (Wildman–Crippen LogP) is 1.99. The van der Waals surface area contributed by atoms with Gasteiger partial charge in [0.1, 0.15) is 5.75 Å². The molecule has 1 unspecified atom stereocenters. The van der Waals surface area contributed by atoms with Crippen molar-refractivity contribution in [3.05, 3.63) is 29.3 Å². The van der Waals surface area contributed by atoms with E-state index in [1.165, 1.54) is 107 Å². The molecule has 0 N–H and O–H groups in total. The van der Waals surface area contributed by atoms with E-state index in [2.05, 4.69) is 30.1 Å². The number of fused-ring (bicyclic) bond motifs is 1. The summed E-state index contributed by atoms with van der Waals surface area (Å²) in [5.74, 6) is 1.85. The maximum absolute atomic E-state index is 5.62. The van der Waals surface area contributed by atoms with Gasteiger partial charge in [-0.05, 0) is 87.4 Å². The maximum Gasteiger partial charge on any atom is 0.122 e. The molecule has 1 saturated carbocycles. The Morgan fingerprint density at radius 3 is 2.52 bits per heavy atom. The number of hydrogen-bond acceptors (Lipinski definition) is 2. The summed E-state index contributed by atoms with van der Waals surface area (Å²) in [5.41, 5.74) is 3.06. The molecule has 2 aliphatic carbocycles. The minimum atomic E-state index is 0. The van der Waals surface area contributed by atoms with Crippen molar-refractivity contribution in [2.45, 2.75) is 76.2 Å². The quantitative estimate of drug-likeness (QED) is 0.427. The van der Waals surface area contributed by atoms with Crippen LogP contribution in [0.15, 0.2) is 18.2 Å². The Bertz CT molecular complexity index is 636. The second kappa shape index (κ2) is 10.8. The Hall–Kier alpha value is -0.330. The van der Waals surface area contributed by atoms with Gasteiger partial charge < -0.3 is 33.2 Å². The monoisotopic (exact) mass is 512 g/mol. The number of benzene rings is 1. The second-order valence-electron chi connectivity index (χ2n) is 9.82. The fourth-order valence-electron chi connectivity index (χ4n) is 6.22. The van der Waals surface area contributed by atoms with Crippen LogP contribution in [-0.2, 0) is 6.42 Å².